The van der Waals surface area contributed by atoms with E-state index in [0.29, 0.717) is 13.0 Å². The van der Waals surface area contributed by atoms with Crippen molar-refractivity contribution in [3.05, 3.63) is 35.4 Å². The molecule has 0 amide bonds. The van der Waals surface area contributed by atoms with Crippen molar-refractivity contribution in [1.82, 2.24) is 0 Å². The molecule has 1 aromatic rings. The SMILES string of the molecule is CCOC(=O)[C@@H]1Cc2ccccc2[C@H]1N. The summed E-state index contributed by atoms with van der Waals surface area (Å²) in [7, 11) is 0. The molecule has 1 aliphatic carbocycles. The van der Waals surface area contributed by atoms with Crippen LogP contribution in [0.3, 0.4) is 0 Å². The van der Waals surface area contributed by atoms with E-state index >= 15 is 0 Å². The van der Waals surface area contributed by atoms with E-state index in [4.69, 9.17) is 10.5 Å². The fourth-order valence-corrected chi connectivity index (χ4v) is 2.11. The van der Waals surface area contributed by atoms with Crippen molar-refractivity contribution in [2.45, 2.75) is 19.4 Å². The summed E-state index contributed by atoms with van der Waals surface area (Å²) in [5.41, 5.74) is 8.27. The lowest BCUT2D eigenvalue weighted by molar-refractivity contribution is -0.148. The maximum atomic E-state index is 11.6. The van der Waals surface area contributed by atoms with Crippen LogP contribution in [-0.2, 0) is 16.0 Å². The molecule has 0 unspecified atom stereocenters. The molecule has 0 aromatic heterocycles. The molecular weight excluding hydrogens is 190 g/mol. The van der Waals surface area contributed by atoms with Crippen LogP contribution >= 0.6 is 0 Å². The number of hydrogen-bond acceptors (Lipinski definition) is 3. The van der Waals surface area contributed by atoms with Gasteiger partial charge in [-0.15, -0.1) is 0 Å². The number of carbonyl (C=O) groups is 1. The van der Waals surface area contributed by atoms with Gasteiger partial charge in [-0.2, -0.15) is 0 Å². The van der Waals surface area contributed by atoms with E-state index in [1.54, 1.807) is 0 Å². The summed E-state index contributed by atoms with van der Waals surface area (Å²) >= 11 is 0. The molecule has 0 saturated carbocycles. The molecule has 0 saturated heterocycles. The number of rotatable bonds is 2. The van der Waals surface area contributed by atoms with Crippen LogP contribution in [0.2, 0.25) is 0 Å². The van der Waals surface area contributed by atoms with Gasteiger partial charge in [-0.3, -0.25) is 4.79 Å². The minimum absolute atomic E-state index is 0.179. The van der Waals surface area contributed by atoms with E-state index in [1.807, 2.05) is 31.2 Å². The van der Waals surface area contributed by atoms with E-state index in [1.165, 1.54) is 5.56 Å². The van der Waals surface area contributed by atoms with Crippen molar-refractivity contribution in [2.75, 3.05) is 6.61 Å². The molecule has 2 rings (SSSR count). The molecule has 1 aromatic carbocycles. The Morgan fingerprint density at radius 2 is 2.27 bits per heavy atom. The largest absolute Gasteiger partial charge is 0.466 e. The van der Waals surface area contributed by atoms with Gasteiger partial charge in [0.05, 0.1) is 12.5 Å². The normalized spacial score (nSPS) is 23.6. The van der Waals surface area contributed by atoms with Crippen LogP contribution in [0.25, 0.3) is 0 Å². The predicted octanol–water partition coefficient (Wildman–Crippen LogP) is 1.42. The van der Waals surface area contributed by atoms with Crippen molar-refractivity contribution < 1.29 is 9.53 Å². The summed E-state index contributed by atoms with van der Waals surface area (Å²) in [4.78, 5) is 11.6. The summed E-state index contributed by atoms with van der Waals surface area (Å²) < 4.78 is 5.01. The first-order chi connectivity index (χ1) is 7.24. The molecule has 3 nitrogen and oxygen atoms in total. The topological polar surface area (TPSA) is 52.3 Å². The molecule has 2 atom stereocenters. The molecule has 0 bridgehead atoms. The maximum Gasteiger partial charge on any atom is 0.311 e. The molecule has 1 aliphatic rings. The molecule has 0 aliphatic heterocycles. The van der Waals surface area contributed by atoms with Gasteiger partial charge in [0, 0.05) is 6.04 Å². The quantitative estimate of drug-likeness (QED) is 0.743. The number of carbonyl (C=O) groups excluding carboxylic acids is 1. The number of nitrogens with two attached hydrogens (primary N) is 1. The Balaban J connectivity index is 2.19. The second-order valence-corrected chi connectivity index (χ2v) is 3.79. The van der Waals surface area contributed by atoms with E-state index in [-0.39, 0.29) is 17.9 Å². The van der Waals surface area contributed by atoms with Crippen molar-refractivity contribution in [1.29, 1.82) is 0 Å². The lowest BCUT2D eigenvalue weighted by atomic mass is 10.0. The summed E-state index contributed by atoms with van der Waals surface area (Å²) in [6.45, 7) is 2.23. The Morgan fingerprint density at radius 1 is 1.53 bits per heavy atom. The van der Waals surface area contributed by atoms with Crippen LogP contribution in [-0.4, -0.2) is 12.6 Å². The average molecular weight is 205 g/mol. The van der Waals surface area contributed by atoms with Crippen LogP contribution in [0.1, 0.15) is 24.1 Å². The third kappa shape index (κ3) is 1.75. The molecule has 2 N–H and O–H groups in total. The van der Waals surface area contributed by atoms with E-state index < -0.39 is 0 Å². The standard InChI is InChI=1S/C12H15NO2/c1-2-15-12(14)10-7-8-5-3-4-6-9(8)11(10)13/h3-6,10-11H,2,7,13H2,1H3/t10-,11-/m1/s1. The zero-order chi connectivity index (χ0) is 10.8. The molecule has 0 radical (unpaired) electrons. The Bertz CT molecular complexity index is 376. The number of benzene rings is 1. The highest BCUT2D eigenvalue weighted by Crippen LogP contribution is 2.34. The first kappa shape index (κ1) is 10.2. The van der Waals surface area contributed by atoms with Gasteiger partial charge >= 0.3 is 5.97 Å². The molecule has 0 fully saturated rings. The first-order valence-corrected chi connectivity index (χ1v) is 5.24. The van der Waals surface area contributed by atoms with Gasteiger partial charge in [-0.25, -0.2) is 0 Å². The smallest absolute Gasteiger partial charge is 0.311 e. The molecule has 3 heteroatoms. The lowest BCUT2D eigenvalue weighted by Crippen LogP contribution is -2.26. The summed E-state index contributed by atoms with van der Waals surface area (Å²) in [5.74, 6) is -0.386. The minimum Gasteiger partial charge on any atom is -0.466 e. The molecule has 80 valence electrons. The van der Waals surface area contributed by atoms with Crippen LogP contribution in [0.15, 0.2) is 24.3 Å². The van der Waals surface area contributed by atoms with Crippen molar-refractivity contribution in [2.24, 2.45) is 11.7 Å². The fourth-order valence-electron chi connectivity index (χ4n) is 2.11. The van der Waals surface area contributed by atoms with Gasteiger partial charge < -0.3 is 10.5 Å². The highest BCUT2D eigenvalue weighted by atomic mass is 16.5. The second kappa shape index (κ2) is 4.03. The van der Waals surface area contributed by atoms with Crippen molar-refractivity contribution in [3.8, 4) is 0 Å². The minimum atomic E-state index is -0.208. The Kier molecular flexibility index (Phi) is 2.73. The van der Waals surface area contributed by atoms with Crippen LogP contribution in [0.5, 0.6) is 0 Å². The van der Waals surface area contributed by atoms with Crippen LogP contribution in [0, 0.1) is 5.92 Å². The van der Waals surface area contributed by atoms with Gasteiger partial charge in [0.15, 0.2) is 0 Å². The Labute approximate surface area is 89.2 Å². The van der Waals surface area contributed by atoms with Gasteiger partial charge in [0.1, 0.15) is 0 Å². The van der Waals surface area contributed by atoms with Gasteiger partial charge in [-0.05, 0) is 24.5 Å². The molecule has 15 heavy (non-hydrogen) atoms. The number of ether oxygens (including phenoxy) is 1. The Hall–Kier alpha value is -1.35. The van der Waals surface area contributed by atoms with Gasteiger partial charge in [-0.1, -0.05) is 24.3 Å². The number of fused-ring (bicyclic) bond motifs is 1. The van der Waals surface area contributed by atoms with Gasteiger partial charge in [0.25, 0.3) is 0 Å². The van der Waals surface area contributed by atoms with Crippen LogP contribution < -0.4 is 5.73 Å². The van der Waals surface area contributed by atoms with E-state index in [9.17, 15) is 4.79 Å². The second-order valence-electron chi connectivity index (χ2n) is 3.79. The molecular formula is C12H15NO2. The third-order valence-electron chi connectivity index (χ3n) is 2.88. The zero-order valence-electron chi connectivity index (χ0n) is 8.77. The fraction of sp³-hybridized carbons (Fsp3) is 0.417. The number of esters is 1. The summed E-state index contributed by atoms with van der Waals surface area (Å²) in [6.07, 6.45) is 0.705. The number of hydrogen-bond donors (Lipinski definition) is 1. The zero-order valence-corrected chi connectivity index (χ0v) is 8.77. The summed E-state index contributed by atoms with van der Waals surface area (Å²) in [6, 6.07) is 7.72. The average Bonchev–Trinajstić information content (AvgIpc) is 2.57. The van der Waals surface area contributed by atoms with E-state index in [0.717, 1.165) is 5.56 Å². The van der Waals surface area contributed by atoms with E-state index in [2.05, 4.69) is 0 Å². The summed E-state index contributed by atoms with van der Waals surface area (Å²) in [5, 5.41) is 0. The highest BCUT2D eigenvalue weighted by molar-refractivity contribution is 5.75. The van der Waals surface area contributed by atoms with Gasteiger partial charge in [0.2, 0.25) is 0 Å². The maximum absolute atomic E-state index is 11.6. The predicted molar refractivity (Wildman–Crippen MR) is 57.2 cm³/mol. The Morgan fingerprint density at radius 3 is 2.93 bits per heavy atom. The van der Waals surface area contributed by atoms with Crippen molar-refractivity contribution >= 4 is 5.97 Å². The molecule has 0 spiro atoms. The molecule has 0 heterocycles. The third-order valence-corrected chi connectivity index (χ3v) is 2.88. The van der Waals surface area contributed by atoms with Crippen LogP contribution in [0.4, 0.5) is 0 Å². The highest BCUT2D eigenvalue weighted by Gasteiger charge is 2.35. The monoisotopic (exact) mass is 205 g/mol. The first-order valence-electron chi connectivity index (χ1n) is 5.24. The van der Waals surface area contributed by atoms with Crippen molar-refractivity contribution in [3.63, 3.8) is 0 Å². The lowest BCUT2D eigenvalue weighted by Gasteiger charge is -2.13.